The lowest BCUT2D eigenvalue weighted by Gasteiger charge is -2.72. The van der Waals surface area contributed by atoms with Crippen LogP contribution in [-0.4, -0.2) is 28.9 Å². The molecule has 4 saturated carbocycles. The topological polar surface area (TPSA) is 57.6 Å². The van der Waals surface area contributed by atoms with E-state index < -0.39 is 5.97 Å². The minimum atomic E-state index is -0.868. The minimum absolute atomic E-state index is 0.0136. The van der Waals surface area contributed by atoms with Crippen molar-refractivity contribution in [1.29, 1.82) is 0 Å². The highest BCUT2D eigenvalue weighted by Gasteiger charge is 2.70. The maximum Gasteiger partial charge on any atom is 0.335 e. The molecule has 0 aromatic heterocycles. The molecular weight excluding hydrogens is 566 g/mol. The fourth-order valence-corrected chi connectivity index (χ4v) is 13.1. The lowest BCUT2D eigenvalue weighted by molar-refractivity contribution is -0.223. The third-order valence-electron chi connectivity index (χ3n) is 15.4. The predicted octanol–water partition coefficient (Wildman–Crippen LogP) is 9.89. The standard InChI is InChI=1S/C42H55NO3/c1-38(2)31(29-14-16-30(17-15-29)36(44)45)20-23-39(3)34(38)21-24-41(5)35(39)19-18-32-33-13-10-22-42(33,26-25-40(32,41)4)37(46)43(6)27-28-11-8-7-9-12-28/h7-9,11-12,14-17,20,32-35H,10,13,18-19,21-27H2,1-6H3,(H,44,45)/t32-,33-,34+,35-,39+,40-,41-,42+/m1/s1. The molecule has 2 aromatic carbocycles. The first kappa shape index (κ1) is 31.7. The van der Waals surface area contributed by atoms with E-state index in [1.807, 2.05) is 19.2 Å². The molecule has 0 spiro atoms. The van der Waals surface area contributed by atoms with Crippen LogP contribution in [0.1, 0.15) is 120 Å². The highest BCUT2D eigenvalue weighted by molar-refractivity contribution is 5.88. The van der Waals surface area contributed by atoms with E-state index in [0.29, 0.717) is 41.7 Å². The molecule has 1 amide bonds. The molecule has 4 nitrogen and oxygen atoms in total. The fourth-order valence-electron chi connectivity index (χ4n) is 13.1. The van der Waals surface area contributed by atoms with Gasteiger partial charge in [-0.1, -0.05) is 89.6 Å². The van der Waals surface area contributed by atoms with Crippen molar-refractivity contribution in [3.8, 4) is 0 Å². The van der Waals surface area contributed by atoms with E-state index in [-0.39, 0.29) is 27.1 Å². The SMILES string of the molecule is CN(Cc1ccccc1)C(=O)[C@]12CCC[C@@H]1[C@H]1CC[C@@H]3[C@@]4(C)CC=C(c5ccc(C(=O)O)cc5)C(C)(C)[C@@H]4CC[C@@]3(C)[C@]1(C)CC2. The highest BCUT2D eigenvalue weighted by atomic mass is 16.4. The fraction of sp³-hybridized carbons (Fsp3) is 0.619. The molecule has 8 atom stereocenters. The maximum absolute atomic E-state index is 14.4. The molecule has 0 radical (unpaired) electrons. The van der Waals surface area contributed by atoms with E-state index in [9.17, 15) is 14.7 Å². The number of carboxylic acids is 1. The molecule has 1 N–H and O–H groups in total. The molecule has 0 heterocycles. The third kappa shape index (κ3) is 4.37. The Hall–Kier alpha value is -2.88. The van der Waals surface area contributed by atoms with Gasteiger partial charge in [-0.05, 0) is 132 Å². The number of allylic oxidation sites excluding steroid dienone is 2. The number of nitrogens with zero attached hydrogens (tertiary/aromatic N) is 1. The second kappa shape index (κ2) is 10.8. The molecule has 0 unspecified atom stereocenters. The zero-order chi connectivity index (χ0) is 32.7. The lowest BCUT2D eigenvalue weighted by atomic mass is 9.32. The van der Waals surface area contributed by atoms with Crippen LogP contribution in [0.15, 0.2) is 60.7 Å². The van der Waals surface area contributed by atoms with Crippen LogP contribution in [0, 0.1) is 50.7 Å². The van der Waals surface area contributed by atoms with Crippen molar-refractivity contribution in [3.63, 3.8) is 0 Å². The average molecular weight is 622 g/mol. The molecule has 2 aromatic rings. The van der Waals surface area contributed by atoms with Crippen LogP contribution in [0.5, 0.6) is 0 Å². The van der Waals surface area contributed by atoms with Gasteiger partial charge in [0.25, 0.3) is 0 Å². The molecule has 4 heteroatoms. The Balaban J connectivity index is 1.17. The van der Waals surface area contributed by atoms with Crippen molar-refractivity contribution in [2.75, 3.05) is 7.05 Å². The number of hydrogen-bond acceptors (Lipinski definition) is 2. The molecule has 7 rings (SSSR count). The molecule has 5 aliphatic rings. The van der Waals surface area contributed by atoms with Crippen molar-refractivity contribution in [3.05, 3.63) is 77.4 Å². The second-order valence-corrected chi connectivity index (χ2v) is 17.4. The third-order valence-corrected chi connectivity index (χ3v) is 15.4. The van der Waals surface area contributed by atoms with Crippen LogP contribution < -0.4 is 0 Å². The number of benzene rings is 2. The molecule has 4 fully saturated rings. The van der Waals surface area contributed by atoms with Gasteiger partial charge in [-0.2, -0.15) is 0 Å². The second-order valence-electron chi connectivity index (χ2n) is 17.4. The zero-order valence-corrected chi connectivity index (χ0v) is 29.1. The quantitative estimate of drug-likeness (QED) is 0.362. The summed E-state index contributed by atoms with van der Waals surface area (Å²) in [5, 5.41) is 9.45. The van der Waals surface area contributed by atoms with Crippen LogP contribution in [-0.2, 0) is 11.3 Å². The number of rotatable bonds is 5. The maximum atomic E-state index is 14.4. The number of carboxylic acid groups (broad SMARTS) is 1. The summed E-state index contributed by atoms with van der Waals surface area (Å²) in [6.45, 7) is 13.6. The number of hydrogen-bond donors (Lipinski definition) is 1. The summed E-state index contributed by atoms with van der Waals surface area (Å²) in [5.41, 5.74) is 4.71. The van der Waals surface area contributed by atoms with Crippen molar-refractivity contribution in [1.82, 2.24) is 4.90 Å². The van der Waals surface area contributed by atoms with Gasteiger partial charge < -0.3 is 10.0 Å². The normalized spacial score (nSPS) is 39.2. The Morgan fingerprint density at radius 2 is 1.50 bits per heavy atom. The summed E-state index contributed by atoms with van der Waals surface area (Å²) in [7, 11) is 2.04. The van der Waals surface area contributed by atoms with Crippen LogP contribution in [0.4, 0.5) is 0 Å². The Kier molecular flexibility index (Phi) is 7.46. The first-order valence-electron chi connectivity index (χ1n) is 18.1. The van der Waals surface area contributed by atoms with Gasteiger partial charge in [-0.15, -0.1) is 0 Å². The Morgan fingerprint density at radius 1 is 0.783 bits per heavy atom. The summed E-state index contributed by atoms with van der Waals surface area (Å²) in [5.74, 6) is 1.91. The summed E-state index contributed by atoms with van der Waals surface area (Å²) < 4.78 is 0. The Bertz CT molecular complexity index is 1540. The van der Waals surface area contributed by atoms with Gasteiger partial charge in [0.2, 0.25) is 5.91 Å². The van der Waals surface area contributed by atoms with Crippen LogP contribution >= 0.6 is 0 Å². The van der Waals surface area contributed by atoms with Gasteiger partial charge in [0, 0.05) is 13.6 Å². The first-order valence-corrected chi connectivity index (χ1v) is 18.1. The van der Waals surface area contributed by atoms with E-state index >= 15 is 0 Å². The Morgan fingerprint density at radius 3 is 2.20 bits per heavy atom. The van der Waals surface area contributed by atoms with Gasteiger partial charge in [-0.25, -0.2) is 4.79 Å². The molecule has 246 valence electrons. The minimum Gasteiger partial charge on any atom is -0.478 e. The zero-order valence-electron chi connectivity index (χ0n) is 29.1. The summed E-state index contributed by atoms with van der Waals surface area (Å²) in [6, 6.07) is 18.1. The smallest absolute Gasteiger partial charge is 0.335 e. The largest absolute Gasteiger partial charge is 0.478 e. The van der Waals surface area contributed by atoms with E-state index in [4.69, 9.17) is 0 Å². The number of carbonyl (C=O) groups excluding carboxylic acids is 1. The van der Waals surface area contributed by atoms with Crippen LogP contribution in [0.2, 0.25) is 0 Å². The predicted molar refractivity (Wildman–Crippen MR) is 185 cm³/mol. The van der Waals surface area contributed by atoms with Crippen LogP contribution in [0.3, 0.4) is 0 Å². The molecular formula is C42H55NO3. The molecule has 46 heavy (non-hydrogen) atoms. The molecule has 0 aliphatic heterocycles. The number of aromatic carboxylic acids is 1. The van der Waals surface area contributed by atoms with Crippen LogP contribution in [0.25, 0.3) is 5.57 Å². The van der Waals surface area contributed by atoms with Gasteiger partial charge in [0.05, 0.1) is 11.0 Å². The van der Waals surface area contributed by atoms with Gasteiger partial charge in [0.15, 0.2) is 0 Å². The molecule has 0 bridgehead atoms. The van der Waals surface area contributed by atoms with Crippen molar-refractivity contribution in [2.45, 2.75) is 105 Å². The van der Waals surface area contributed by atoms with Crippen molar-refractivity contribution < 1.29 is 14.7 Å². The van der Waals surface area contributed by atoms with E-state index in [0.717, 1.165) is 19.3 Å². The van der Waals surface area contributed by atoms with E-state index in [1.165, 1.54) is 61.6 Å². The van der Waals surface area contributed by atoms with Gasteiger partial charge in [0.1, 0.15) is 0 Å². The lowest BCUT2D eigenvalue weighted by Crippen LogP contribution is -2.65. The molecule has 0 saturated heterocycles. The summed E-state index contributed by atoms with van der Waals surface area (Å²) in [6.07, 6.45) is 14.3. The Labute approximate surface area is 277 Å². The van der Waals surface area contributed by atoms with Gasteiger partial charge in [-0.3, -0.25) is 4.79 Å². The summed E-state index contributed by atoms with van der Waals surface area (Å²) >= 11 is 0. The van der Waals surface area contributed by atoms with E-state index in [2.05, 4.69) is 75.9 Å². The average Bonchev–Trinajstić information content (AvgIpc) is 3.47. The highest BCUT2D eigenvalue weighted by Crippen LogP contribution is 2.77. The summed E-state index contributed by atoms with van der Waals surface area (Å²) in [4.78, 5) is 28.0. The first-order chi connectivity index (χ1) is 21.8. The number of carbonyl (C=O) groups is 2. The van der Waals surface area contributed by atoms with Crippen molar-refractivity contribution in [2.24, 2.45) is 50.7 Å². The number of amides is 1. The van der Waals surface area contributed by atoms with Gasteiger partial charge >= 0.3 is 5.97 Å². The molecule has 5 aliphatic carbocycles. The van der Waals surface area contributed by atoms with E-state index in [1.54, 1.807) is 12.1 Å². The number of fused-ring (bicyclic) bond motifs is 7. The van der Waals surface area contributed by atoms with Crippen molar-refractivity contribution >= 4 is 17.4 Å². The monoisotopic (exact) mass is 621 g/mol.